The number of anilines is 3. The quantitative estimate of drug-likeness (QED) is 0.151. The summed E-state index contributed by atoms with van der Waals surface area (Å²) < 4.78 is 6.51. The first-order chi connectivity index (χ1) is 28.7. The first-order valence-corrected chi connectivity index (χ1v) is 19.8. The van der Waals surface area contributed by atoms with Crippen LogP contribution in [0.5, 0.6) is 0 Å². The molecule has 0 saturated carbocycles. The van der Waals surface area contributed by atoms with E-state index in [0.717, 1.165) is 61.3 Å². The van der Waals surface area contributed by atoms with Crippen LogP contribution >= 0.6 is 0 Å². The predicted molar refractivity (Wildman–Crippen MR) is 245 cm³/mol. The second-order valence-corrected chi connectivity index (χ2v) is 14.9. The molecule has 0 unspecified atom stereocenters. The molecule has 58 heavy (non-hydrogen) atoms. The van der Waals surface area contributed by atoms with Crippen molar-refractivity contribution in [3.8, 4) is 44.5 Å². The van der Waals surface area contributed by atoms with Crippen molar-refractivity contribution in [2.24, 2.45) is 0 Å². The van der Waals surface area contributed by atoms with Gasteiger partial charge in [-0.25, -0.2) is 0 Å². The van der Waals surface area contributed by atoms with Crippen LogP contribution < -0.4 is 4.90 Å². The standard InChI is InChI=1S/C56H37NO/c1-4-13-38(14-5-1)45-33-46(39-15-6-2-7-16-39)36-49(35-45)57(48-30-31-51-44(34-48)24-23-42-19-10-11-20-50(42)51)47-28-25-40(26-29-47)43-27-32-55-54(37-43)53-22-12-21-52(56(53)58-55)41-17-8-3-9-18-41/h1-37H. The first-order valence-electron chi connectivity index (χ1n) is 19.8. The third-order valence-corrected chi connectivity index (χ3v) is 11.4. The third-order valence-electron chi connectivity index (χ3n) is 11.4. The van der Waals surface area contributed by atoms with Gasteiger partial charge in [-0.1, -0.05) is 170 Å². The smallest absolute Gasteiger partial charge is 0.143 e. The Morgan fingerprint density at radius 2 is 0.845 bits per heavy atom. The molecule has 0 aliphatic rings. The molecule has 0 aliphatic heterocycles. The summed E-state index contributed by atoms with van der Waals surface area (Å²) in [5.41, 5.74) is 14.3. The molecule has 1 aromatic heterocycles. The van der Waals surface area contributed by atoms with Crippen LogP contribution in [0.2, 0.25) is 0 Å². The summed E-state index contributed by atoms with van der Waals surface area (Å²) in [6, 6.07) is 80.7. The van der Waals surface area contributed by atoms with Crippen molar-refractivity contribution in [3.05, 3.63) is 224 Å². The van der Waals surface area contributed by atoms with E-state index in [9.17, 15) is 0 Å². The van der Waals surface area contributed by atoms with Gasteiger partial charge in [0.2, 0.25) is 0 Å². The topological polar surface area (TPSA) is 16.4 Å². The Morgan fingerprint density at radius 3 is 1.57 bits per heavy atom. The van der Waals surface area contributed by atoms with Gasteiger partial charge in [-0.3, -0.25) is 0 Å². The molecule has 0 saturated heterocycles. The number of hydrogen-bond donors (Lipinski definition) is 0. The highest BCUT2D eigenvalue weighted by atomic mass is 16.3. The van der Waals surface area contributed by atoms with Crippen LogP contribution in [0.1, 0.15) is 0 Å². The lowest BCUT2D eigenvalue weighted by molar-refractivity contribution is 0.670. The predicted octanol–water partition coefficient (Wildman–Crippen LogP) is 16.0. The zero-order valence-corrected chi connectivity index (χ0v) is 31.7. The fourth-order valence-corrected chi connectivity index (χ4v) is 8.55. The fraction of sp³-hybridized carbons (Fsp3) is 0. The molecular weight excluding hydrogens is 703 g/mol. The van der Waals surface area contributed by atoms with E-state index in [0.29, 0.717) is 0 Å². The van der Waals surface area contributed by atoms with Gasteiger partial charge in [0.15, 0.2) is 0 Å². The van der Waals surface area contributed by atoms with Gasteiger partial charge in [0.05, 0.1) is 0 Å². The molecule has 10 aromatic carbocycles. The molecule has 2 heteroatoms. The van der Waals surface area contributed by atoms with Crippen LogP contribution in [0, 0.1) is 0 Å². The van der Waals surface area contributed by atoms with E-state index < -0.39 is 0 Å². The minimum Gasteiger partial charge on any atom is -0.455 e. The van der Waals surface area contributed by atoms with Crippen LogP contribution in [0.3, 0.4) is 0 Å². The van der Waals surface area contributed by atoms with Gasteiger partial charge in [0, 0.05) is 33.4 Å². The van der Waals surface area contributed by atoms with Crippen molar-refractivity contribution >= 4 is 60.5 Å². The number of rotatable bonds is 7. The summed E-state index contributed by atoms with van der Waals surface area (Å²) >= 11 is 0. The van der Waals surface area contributed by atoms with Crippen molar-refractivity contribution in [3.63, 3.8) is 0 Å². The highest BCUT2D eigenvalue weighted by Gasteiger charge is 2.18. The highest BCUT2D eigenvalue weighted by Crippen LogP contribution is 2.43. The highest BCUT2D eigenvalue weighted by molar-refractivity contribution is 6.11. The van der Waals surface area contributed by atoms with Crippen LogP contribution in [-0.2, 0) is 0 Å². The lowest BCUT2D eigenvalue weighted by Gasteiger charge is -2.27. The molecule has 0 radical (unpaired) electrons. The molecule has 0 N–H and O–H groups in total. The zero-order valence-electron chi connectivity index (χ0n) is 31.7. The van der Waals surface area contributed by atoms with Gasteiger partial charge in [-0.2, -0.15) is 0 Å². The summed E-state index contributed by atoms with van der Waals surface area (Å²) in [5.74, 6) is 0. The van der Waals surface area contributed by atoms with E-state index in [4.69, 9.17) is 4.42 Å². The Balaban J connectivity index is 1.05. The summed E-state index contributed by atoms with van der Waals surface area (Å²) in [7, 11) is 0. The fourth-order valence-electron chi connectivity index (χ4n) is 8.55. The Kier molecular flexibility index (Phi) is 8.19. The van der Waals surface area contributed by atoms with E-state index in [1.807, 2.05) is 6.07 Å². The summed E-state index contributed by atoms with van der Waals surface area (Å²) in [4.78, 5) is 2.40. The maximum atomic E-state index is 6.51. The van der Waals surface area contributed by atoms with Gasteiger partial charge in [0.1, 0.15) is 11.2 Å². The number of para-hydroxylation sites is 1. The number of hydrogen-bond acceptors (Lipinski definition) is 2. The minimum atomic E-state index is 0.890. The molecule has 11 aromatic rings. The van der Waals surface area contributed by atoms with Gasteiger partial charge >= 0.3 is 0 Å². The summed E-state index contributed by atoms with van der Waals surface area (Å²) in [6.07, 6.45) is 0. The van der Waals surface area contributed by atoms with E-state index in [1.165, 1.54) is 43.8 Å². The Morgan fingerprint density at radius 1 is 0.276 bits per heavy atom. The first kappa shape index (κ1) is 33.6. The molecule has 1 heterocycles. The molecule has 2 nitrogen and oxygen atoms in total. The van der Waals surface area contributed by atoms with Crippen molar-refractivity contribution in [2.75, 3.05) is 4.90 Å². The molecule has 0 fully saturated rings. The second-order valence-electron chi connectivity index (χ2n) is 14.9. The maximum Gasteiger partial charge on any atom is 0.143 e. The monoisotopic (exact) mass is 739 g/mol. The zero-order chi connectivity index (χ0) is 38.4. The minimum absolute atomic E-state index is 0.890. The van der Waals surface area contributed by atoms with E-state index >= 15 is 0 Å². The molecule has 0 amide bonds. The van der Waals surface area contributed by atoms with Crippen molar-refractivity contribution < 1.29 is 4.42 Å². The number of nitrogens with zero attached hydrogens (tertiary/aromatic N) is 1. The largest absolute Gasteiger partial charge is 0.455 e. The van der Waals surface area contributed by atoms with Crippen molar-refractivity contribution in [2.45, 2.75) is 0 Å². The van der Waals surface area contributed by atoms with Crippen LogP contribution in [0.25, 0.3) is 88.0 Å². The SMILES string of the molecule is c1ccc(-c2cc(-c3ccccc3)cc(N(c3ccc(-c4ccc5oc6c(-c7ccccc7)cccc6c5c4)cc3)c3ccc4c(ccc5ccccc54)c3)c2)cc1. The molecule has 11 rings (SSSR count). The van der Waals surface area contributed by atoms with Gasteiger partial charge in [-0.05, 0) is 115 Å². The summed E-state index contributed by atoms with van der Waals surface area (Å²) in [5, 5.41) is 7.20. The van der Waals surface area contributed by atoms with E-state index in [1.54, 1.807) is 0 Å². The Labute approximate surface area is 337 Å². The number of fused-ring (bicyclic) bond motifs is 6. The molecule has 0 atom stereocenters. The maximum absolute atomic E-state index is 6.51. The van der Waals surface area contributed by atoms with Gasteiger partial charge in [0.25, 0.3) is 0 Å². The van der Waals surface area contributed by atoms with Gasteiger partial charge in [-0.15, -0.1) is 0 Å². The van der Waals surface area contributed by atoms with Crippen LogP contribution in [-0.4, -0.2) is 0 Å². The summed E-state index contributed by atoms with van der Waals surface area (Å²) in [6.45, 7) is 0. The average Bonchev–Trinajstić information content (AvgIpc) is 3.68. The van der Waals surface area contributed by atoms with E-state index in [2.05, 4.69) is 223 Å². The Bertz CT molecular complexity index is 3200. The average molecular weight is 740 g/mol. The Hall–Kier alpha value is -7.68. The molecular formula is C56H37NO. The molecule has 272 valence electrons. The van der Waals surface area contributed by atoms with Crippen LogP contribution in [0.4, 0.5) is 17.1 Å². The second kappa shape index (κ2) is 14.1. The number of benzene rings is 10. The third kappa shape index (κ3) is 6.00. The van der Waals surface area contributed by atoms with Gasteiger partial charge < -0.3 is 9.32 Å². The van der Waals surface area contributed by atoms with Crippen LogP contribution in [0.15, 0.2) is 229 Å². The molecule has 0 spiro atoms. The van der Waals surface area contributed by atoms with Crippen molar-refractivity contribution in [1.82, 2.24) is 0 Å². The van der Waals surface area contributed by atoms with Crippen molar-refractivity contribution in [1.29, 1.82) is 0 Å². The lowest BCUT2D eigenvalue weighted by atomic mass is 9.96. The van der Waals surface area contributed by atoms with E-state index in [-0.39, 0.29) is 0 Å². The molecule has 0 bridgehead atoms. The number of furan rings is 1. The normalized spacial score (nSPS) is 11.4. The lowest BCUT2D eigenvalue weighted by Crippen LogP contribution is -2.10. The molecule has 0 aliphatic carbocycles.